The number of benzene rings is 2. The second-order valence-electron chi connectivity index (χ2n) is 4.53. The quantitative estimate of drug-likeness (QED) is 0.752. The molecule has 108 valence electrons. The number of fused-ring (bicyclic) bond motifs is 1. The summed E-state index contributed by atoms with van der Waals surface area (Å²) in [4.78, 5) is 4.13. The number of nitrogens with zero attached hydrogens (tertiary/aromatic N) is 1. The maximum atomic E-state index is 12.7. The summed E-state index contributed by atoms with van der Waals surface area (Å²) in [6, 6.07) is 10.5. The van der Waals surface area contributed by atoms with E-state index in [1.807, 2.05) is 12.1 Å². The standard InChI is InChI=1S/C15H11F3N2O/c1-19-11-5-2-9(3-6-11)14-20-12-8-10(15(16,17)18)4-7-13(12)21-14/h2-8,19H,1H3. The fourth-order valence-electron chi connectivity index (χ4n) is 2.01. The third kappa shape index (κ3) is 2.56. The van der Waals surface area contributed by atoms with Crippen LogP contribution in [0, 0.1) is 0 Å². The average Bonchev–Trinajstić information content (AvgIpc) is 2.89. The molecule has 3 aromatic rings. The summed E-state index contributed by atoms with van der Waals surface area (Å²) in [6.07, 6.45) is -4.39. The molecule has 0 aliphatic carbocycles. The maximum absolute atomic E-state index is 12.7. The highest BCUT2D eigenvalue weighted by Crippen LogP contribution is 2.32. The van der Waals surface area contributed by atoms with Gasteiger partial charge in [0.1, 0.15) is 5.52 Å². The summed E-state index contributed by atoms with van der Waals surface area (Å²) < 4.78 is 43.5. The van der Waals surface area contributed by atoms with Crippen LogP contribution in [-0.2, 0) is 6.18 Å². The lowest BCUT2D eigenvalue weighted by atomic mass is 10.2. The van der Waals surface area contributed by atoms with Crippen molar-refractivity contribution in [3.05, 3.63) is 48.0 Å². The Kier molecular flexibility index (Phi) is 3.08. The van der Waals surface area contributed by atoms with Crippen LogP contribution in [0.1, 0.15) is 5.56 Å². The Morgan fingerprint density at radius 2 is 1.76 bits per heavy atom. The first-order valence-corrected chi connectivity index (χ1v) is 6.23. The van der Waals surface area contributed by atoms with Crippen LogP contribution in [0.15, 0.2) is 46.9 Å². The van der Waals surface area contributed by atoms with Crippen molar-refractivity contribution < 1.29 is 17.6 Å². The molecule has 0 saturated carbocycles. The van der Waals surface area contributed by atoms with Gasteiger partial charge in [-0.15, -0.1) is 0 Å². The molecule has 0 atom stereocenters. The minimum Gasteiger partial charge on any atom is -0.436 e. The average molecular weight is 292 g/mol. The topological polar surface area (TPSA) is 38.1 Å². The third-order valence-corrected chi connectivity index (χ3v) is 3.14. The normalized spacial score (nSPS) is 11.8. The summed E-state index contributed by atoms with van der Waals surface area (Å²) in [7, 11) is 1.80. The SMILES string of the molecule is CNc1ccc(-c2nc3cc(C(F)(F)F)ccc3o2)cc1. The Hall–Kier alpha value is -2.50. The van der Waals surface area contributed by atoms with Crippen LogP contribution in [-0.4, -0.2) is 12.0 Å². The Labute approximate surface area is 118 Å². The summed E-state index contributed by atoms with van der Waals surface area (Å²) in [5.74, 6) is 0.298. The van der Waals surface area contributed by atoms with Crippen molar-refractivity contribution in [1.82, 2.24) is 4.98 Å². The molecule has 1 N–H and O–H groups in total. The van der Waals surface area contributed by atoms with Gasteiger partial charge in [0, 0.05) is 18.3 Å². The van der Waals surface area contributed by atoms with Crippen molar-refractivity contribution in [2.24, 2.45) is 0 Å². The molecule has 0 unspecified atom stereocenters. The smallest absolute Gasteiger partial charge is 0.416 e. The van der Waals surface area contributed by atoms with E-state index >= 15 is 0 Å². The molecule has 0 saturated heterocycles. The molecule has 0 amide bonds. The van der Waals surface area contributed by atoms with Gasteiger partial charge in [0.05, 0.1) is 5.56 Å². The van der Waals surface area contributed by atoms with Gasteiger partial charge in [-0.05, 0) is 42.5 Å². The van der Waals surface area contributed by atoms with Crippen molar-refractivity contribution in [3.63, 3.8) is 0 Å². The molecule has 0 fully saturated rings. The van der Waals surface area contributed by atoms with E-state index < -0.39 is 11.7 Å². The van der Waals surface area contributed by atoms with Gasteiger partial charge in [-0.3, -0.25) is 0 Å². The summed E-state index contributed by atoms with van der Waals surface area (Å²) in [5.41, 5.74) is 1.42. The molecule has 0 aliphatic heterocycles. The van der Waals surface area contributed by atoms with Gasteiger partial charge in [-0.25, -0.2) is 4.98 Å². The number of nitrogens with one attached hydrogen (secondary N) is 1. The number of hydrogen-bond acceptors (Lipinski definition) is 3. The number of rotatable bonds is 2. The summed E-state index contributed by atoms with van der Waals surface area (Å²) in [5, 5.41) is 2.98. The number of aromatic nitrogens is 1. The van der Waals surface area contributed by atoms with Crippen molar-refractivity contribution in [2.45, 2.75) is 6.18 Å². The third-order valence-electron chi connectivity index (χ3n) is 3.14. The van der Waals surface area contributed by atoms with Gasteiger partial charge in [-0.2, -0.15) is 13.2 Å². The molecular formula is C15H11F3N2O. The van der Waals surface area contributed by atoms with E-state index in [2.05, 4.69) is 10.3 Å². The molecule has 1 heterocycles. The molecule has 2 aromatic carbocycles. The van der Waals surface area contributed by atoms with Crippen LogP contribution in [0.3, 0.4) is 0 Å². The van der Waals surface area contributed by atoms with Gasteiger partial charge >= 0.3 is 6.18 Å². The van der Waals surface area contributed by atoms with Crippen LogP contribution in [0.4, 0.5) is 18.9 Å². The zero-order chi connectivity index (χ0) is 15.0. The van der Waals surface area contributed by atoms with Gasteiger partial charge in [-0.1, -0.05) is 0 Å². The fourth-order valence-corrected chi connectivity index (χ4v) is 2.01. The second-order valence-corrected chi connectivity index (χ2v) is 4.53. The predicted octanol–water partition coefficient (Wildman–Crippen LogP) is 4.56. The van der Waals surface area contributed by atoms with Crippen LogP contribution in [0.2, 0.25) is 0 Å². The van der Waals surface area contributed by atoms with Crippen LogP contribution < -0.4 is 5.32 Å². The Morgan fingerprint density at radius 3 is 2.38 bits per heavy atom. The Morgan fingerprint density at radius 1 is 1.05 bits per heavy atom. The lowest BCUT2D eigenvalue weighted by Crippen LogP contribution is -2.03. The first-order chi connectivity index (χ1) is 9.97. The van der Waals surface area contributed by atoms with Crippen molar-refractivity contribution in [1.29, 1.82) is 0 Å². The van der Waals surface area contributed by atoms with Gasteiger partial charge in [0.2, 0.25) is 5.89 Å². The highest BCUT2D eigenvalue weighted by Gasteiger charge is 2.31. The van der Waals surface area contributed by atoms with E-state index in [4.69, 9.17) is 4.42 Å². The van der Waals surface area contributed by atoms with E-state index in [1.54, 1.807) is 19.2 Å². The van der Waals surface area contributed by atoms with Crippen molar-refractivity contribution >= 4 is 16.8 Å². The molecule has 1 aromatic heterocycles. The van der Waals surface area contributed by atoms with E-state index in [0.717, 1.165) is 17.8 Å². The molecule has 0 bridgehead atoms. The van der Waals surface area contributed by atoms with Crippen LogP contribution in [0.25, 0.3) is 22.6 Å². The van der Waals surface area contributed by atoms with E-state index in [-0.39, 0.29) is 5.52 Å². The van der Waals surface area contributed by atoms with Gasteiger partial charge in [0.25, 0.3) is 0 Å². The highest BCUT2D eigenvalue weighted by molar-refractivity contribution is 5.77. The highest BCUT2D eigenvalue weighted by atomic mass is 19.4. The fraction of sp³-hybridized carbons (Fsp3) is 0.133. The van der Waals surface area contributed by atoms with Crippen LogP contribution >= 0.6 is 0 Å². The molecule has 3 nitrogen and oxygen atoms in total. The van der Waals surface area contributed by atoms with Crippen molar-refractivity contribution in [3.8, 4) is 11.5 Å². The van der Waals surface area contributed by atoms with Gasteiger partial charge in [0.15, 0.2) is 5.58 Å². The predicted molar refractivity (Wildman–Crippen MR) is 74.0 cm³/mol. The largest absolute Gasteiger partial charge is 0.436 e. The summed E-state index contributed by atoms with van der Waals surface area (Å²) >= 11 is 0. The monoisotopic (exact) mass is 292 g/mol. The zero-order valence-electron chi connectivity index (χ0n) is 11.0. The zero-order valence-corrected chi connectivity index (χ0v) is 11.0. The van der Waals surface area contributed by atoms with Crippen LogP contribution in [0.5, 0.6) is 0 Å². The molecule has 6 heteroatoms. The molecule has 0 radical (unpaired) electrons. The van der Waals surface area contributed by atoms with Crippen molar-refractivity contribution in [2.75, 3.05) is 12.4 Å². The number of oxazole rings is 1. The molecule has 0 spiro atoms. The molecule has 21 heavy (non-hydrogen) atoms. The molecule has 0 aliphatic rings. The maximum Gasteiger partial charge on any atom is 0.416 e. The Bertz CT molecular complexity index is 776. The number of alkyl halides is 3. The molecular weight excluding hydrogens is 281 g/mol. The number of anilines is 1. The first kappa shape index (κ1) is 13.5. The molecule has 3 rings (SSSR count). The van der Waals surface area contributed by atoms with E-state index in [0.29, 0.717) is 17.0 Å². The summed E-state index contributed by atoms with van der Waals surface area (Å²) in [6.45, 7) is 0. The first-order valence-electron chi connectivity index (χ1n) is 6.23. The minimum absolute atomic E-state index is 0.192. The Balaban J connectivity index is 2.04. The van der Waals surface area contributed by atoms with E-state index in [9.17, 15) is 13.2 Å². The lowest BCUT2D eigenvalue weighted by molar-refractivity contribution is -0.137. The number of halogens is 3. The van der Waals surface area contributed by atoms with Gasteiger partial charge < -0.3 is 9.73 Å². The second kappa shape index (κ2) is 4.80. The lowest BCUT2D eigenvalue weighted by Gasteiger charge is -2.04. The number of hydrogen-bond donors (Lipinski definition) is 1. The minimum atomic E-state index is -4.39. The van der Waals surface area contributed by atoms with E-state index in [1.165, 1.54) is 6.07 Å².